The van der Waals surface area contributed by atoms with Crippen LogP contribution in [0, 0.1) is 13.8 Å². The number of aliphatic hydroxyl groups excluding tert-OH is 1. The Kier molecular flexibility index (Phi) is 10.9. The number of nitrogens with zero attached hydrogens (tertiary/aromatic N) is 1. The second kappa shape index (κ2) is 13.4. The summed E-state index contributed by atoms with van der Waals surface area (Å²) >= 11 is 0. The number of alkyl carbamates (subject to hydrolysis) is 1. The summed E-state index contributed by atoms with van der Waals surface area (Å²) in [5.41, 5.74) is 6.93. The van der Waals surface area contributed by atoms with Crippen LogP contribution in [-0.2, 0) is 19.1 Å². The number of amides is 4. The maximum atomic E-state index is 13.8. The molecule has 0 aliphatic heterocycles. The number of nitrogens with two attached hydrogens (primary N) is 1. The summed E-state index contributed by atoms with van der Waals surface area (Å²) in [6, 6.07) is 3.08. The molecule has 2 rings (SSSR count). The number of rotatable bonds is 10. The van der Waals surface area contributed by atoms with Crippen LogP contribution in [0.15, 0.2) is 18.2 Å². The normalized spacial score (nSPS) is 15.8. The number of ether oxygens (including phenoxy) is 1. The number of carbonyl (C=O) groups is 4. The van der Waals surface area contributed by atoms with Crippen molar-refractivity contribution in [1.29, 1.82) is 0 Å². The third kappa shape index (κ3) is 9.35. The summed E-state index contributed by atoms with van der Waals surface area (Å²) in [4.78, 5) is 53.1. The van der Waals surface area contributed by atoms with E-state index in [-0.39, 0.29) is 18.5 Å². The summed E-state index contributed by atoms with van der Waals surface area (Å²) in [6.45, 7) is 8.16. The van der Waals surface area contributed by atoms with Gasteiger partial charge in [0.2, 0.25) is 17.7 Å². The fourth-order valence-electron chi connectivity index (χ4n) is 4.64. The highest BCUT2D eigenvalue weighted by Gasteiger charge is 2.38. The fraction of sp³-hybridized carbons (Fsp3) is 0.630. The Hall–Kier alpha value is -3.14. The van der Waals surface area contributed by atoms with Crippen molar-refractivity contribution in [1.82, 2.24) is 15.5 Å². The van der Waals surface area contributed by atoms with Crippen LogP contribution in [0.25, 0.3) is 0 Å². The number of carbonyl (C=O) groups excluding carboxylic acids is 4. The van der Waals surface area contributed by atoms with Crippen LogP contribution in [0.1, 0.15) is 82.0 Å². The van der Waals surface area contributed by atoms with Crippen LogP contribution in [0.5, 0.6) is 0 Å². The van der Waals surface area contributed by atoms with Gasteiger partial charge in [-0.1, -0.05) is 43.0 Å². The number of benzene rings is 1. The van der Waals surface area contributed by atoms with Crippen LogP contribution >= 0.6 is 0 Å². The molecule has 10 heteroatoms. The average molecular weight is 519 g/mol. The van der Waals surface area contributed by atoms with Crippen molar-refractivity contribution in [2.24, 2.45) is 5.73 Å². The lowest BCUT2D eigenvalue weighted by Gasteiger charge is -2.35. The standard InChI is InChI=1S/C27H42N4O6/c1-17-11-12-20(18(2)15-17)23(24(34)29-19-9-7-6-8-10-19)31(13-14-32)25(35)21(16-22(28)33)30-26(36)37-27(3,4)5/h11-12,15,19,21,23,32H,6-10,13-14,16H2,1-5H3,(H2,28,33)(H,29,34)(H,30,36). The Morgan fingerprint density at radius 1 is 1.14 bits per heavy atom. The zero-order valence-electron chi connectivity index (χ0n) is 22.6. The van der Waals surface area contributed by atoms with E-state index in [1.807, 2.05) is 26.0 Å². The third-order valence-corrected chi connectivity index (χ3v) is 6.25. The predicted molar refractivity (Wildman–Crippen MR) is 139 cm³/mol. The maximum absolute atomic E-state index is 13.8. The van der Waals surface area contributed by atoms with Gasteiger partial charge in [0, 0.05) is 12.6 Å². The van der Waals surface area contributed by atoms with E-state index in [9.17, 15) is 24.3 Å². The van der Waals surface area contributed by atoms with Crippen LogP contribution in [0.3, 0.4) is 0 Å². The van der Waals surface area contributed by atoms with E-state index in [1.165, 1.54) is 4.90 Å². The highest BCUT2D eigenvalue weighted by molar-refractivity contribution is 5.94. The molecule has 4 amide bonds. The van der Waals surface area contributed by atoms with E-state index >= 15 is 0 Å². The van der Waals surface area contributed by atoms with Crippen molar-refractivity contribution in [2.45, 2.75) is 96.9 Å². The smallest absolute Gasteiger partial charge is 0.408 e. The first-order valence-corrected chi connectivity index (χ1v) is 12.9. The van der Waals surface area contributed by atoms with Crippen molar-refractivity contribution >= 4 is 23.8 Å². The molecule has 0 spiro atoms. The van der Waals surface area contributed by atoms with Crippen molar-refractivity contribution < 1.29 is 29.0 Å². The largest absolute Gasteiger partial charge is 0.444 e. The van der Waals surface area contributed by atoms with Gasteiger partial charge < -0.3 is 31.1 Å². The molecule has 5 N–H and O–H groups in total. The fourth-order valence-corrected chi connectivity index (χ4v) is 4.64. The van der Waals surface area contributed by atoms with Gasteiger partial charge in [-0.05, 0) is 58.6 Å². The molecule has 1 aromatic rings. The number of nitrogens with one attached hydrogen (secondary N) is 2. The molecule has 1 saturated carbocycles. The summed E-state index contributed by atoms with van der Waals surface area (Å²) in [6.07, 6.45) is 3.45. The molecule has 1 aromatic carbocycles. The van der Waals surface area contributed by atoms with Gasteiger partial charge in [-0.15, -0.1) is 0 Å². The van der Waals surface area contributed by atoms with Gasteiger partial charge >= 0.3 is 6.09 Å². The molecule has 1 aliphatic rings. The molecule has 0 aromatic heterocycles. The summed E-state index contributed by atoms with van der Waals surface area (Å²) < 4.78 is 5.26. The molecule has 206 valence electrons. The van der Waals surface area contributed by atoms with Gasteiger partial charge in [0.1, 0.15) is 17.7 Å². The quantitative estimate of drug-likeness (QED) is 0.373. The summed E-state index contributed by atoms with van der Waals surface area (Å²) in [5, 5.41) is 15.4. The van der Waals surface area contributed by atoms with Crippen molar-refractivity contribution in [3.8, 4) is 0 Å². The molecule has 1 fully saturated rings. The Morgan fingerprint density at radius 2 is 1.78 bits per heavy atom. The molecular formula is C27H42N4O6. The van der Waals surface area contributed by atoms with Crippen LogP contribution in [-0.4, -0.2) is 64.7 Å². The summed E-state index contributed by atoms with van der Waals surface area (Å²) in [7, 11) is 0. The minimum Gasteiger partial charge on any atom is -0.444 e. The Morgan fingerprint density at radius 3 is 2.32 bits per heavy atom. The minimum absolute atomic E-state index is 0.0121. The first-order chi connectivity index (χ1) is 17.3. The van der Waals surface area contributed by atoms with E-state index in [4.69, 9.17) is 10.5 Å². The minimum atomic E-state index is -1.38. The number of hydrogen-bond donors (Lipinski definition) is 4. The topological polar surface area (TPSA) is 151 Å². The van der Waals surface area contributed by atoms with Gasteiger partial charge in [-0.2, -0.15) is 0 Å². The second-order valence-electron chi connectivity index (χ2n) is 10.7. The lowest BCUT2D eigenvalue weighted by Crippen LogP contribution is -2.55. The number of primary amides is 1. The zero-order chi connectivity index (χ0) is 27.8. The Labute approximate surface area is 219 Å². The van der Waals surface area contributed by atoms with E-state index in [1.54, 1.807) is 26.8 Å². The highest BCUT2D eigenvalue weighted by atomic mass is 16.6. The number of aryl methyl sites for hydroxylation is 2. The van der Waals surface area contributed by atoms with E-state index in [0.717, 1.165) is 43.2 Å². The van der Waals surface area contributed by atoms with Gasteiger partial charge in [-0.3, -0.25) is 14.4 Å². The molecule has 0 heterocycles. The molecule has 0 saturated heterocycles. The summed E-state index contributed by atoms with van der Waals surface area (Å²) in [5.74, 6) is -1.91. The van der Waals surface area contributed by atoms with Crippen LogP contribution in [0.2, 0.25) is 0 Å². The van der Waals surface area contributed by atoms with Crippen molar-refractivity contribution in [3.05, 3.63) is 34.9 Å². The van der Waals surface area contributed by atoms with Gasteiger partial charge in [-0.25, -0.2) is 4.79 Å². The first-order valence-electron chi connectivity index (χ1n) is 12.9. The highest BCUT2D eigenvalue weighted by Crippen LogP contribution is 2.28. The van der Waals surface area contributed by atoms with Gasteiger partial charge in [0.05, 0.1) is 13.0 Å². The van der Waals surface area contributed by atoms with Crippen LogP contribution < -0.4 is 16.4 Å². The molecule has 10 nitrogen and oxygen atoms in total. The third-order valence-electron chi connectivity index (χ3n) is 6.25. The number of aliphatic hydroxyl groups is 1. The van der Waals surface area contributed by atoms with Crippen molar-refractivity contribution in [3.63, 3.8) is 0 Å². The molecule has 0 radical (unpaired) electrons. The molecule has 37 heavy (non-hydrogen) atoms. The molecule has 1 aliphatic carbocycles. The monoisotopic (exact) mass is 518 g/mol. The Balaban J connectivity index is 2.47. The van der Waals surface area contributed by atoms with Crippen molar-refractivity contribution in [2.75, 3.05) is 13.2 Å². The average Bonchev–Trinajstić information content (AvgIpc) is 2.78. The molecule has 2 atom stereocenters. The lowest BCUT2D eigenvalue weighted by molar-refractivity contribution is -0.144. The van der Waals surface area contributed by atoms with E-state index < -0.39 is 48.6 Å². The predicted octanol–water partition coefficient (Wildman–Crippen LogP) is 2.38. The van der Waals surface area contributed by atoms with E-state index in [2.05, 4.69) is 10.6 Å². The SMILES string of the molecule is Cc1ccc(C(C(=O)NC2CCCCC2)N(CCO)C(=O)C(CC(N)=O)NC(=O)OC(C)(C)C)c(C)c1. The first kappa shape index (κ1) is 30.1. The van der Waals surface area contributed by atoms with E-state index in [0.29, 0.717) is 5.56 Å². The molecule has 2 unspecified atom stereocenters. The zero-order valence-corrected chi connectivity index (χ0v) is 22.6. The maximum Gasteiger partial charge on any atom is 0.408 e. The Bertz CT molecular complexity index is 968. The van der Waals surface area contributed by atoms with Gasteiger partial charge in [0.15, 0.2) is 0 Å². The number of hydrogen-bond acceptors (Lipinski definition) is 6. The molecule has 0 bridgehead atoms. The van der Waals surface area contributed by atoms with Gasteiger partial charge in [0.25, 0.3) is 0 Å². The van der Waals surface area contributed by atoms with Crippen LogP contribution in [0.4, 0.5) is 4.79 Å². The second-order valence-corrected chi connectivity index (χ2v) is 10.7. The molecular weight excluding hydrogens is 476 g/mol. The lowest BCUT2D eigenvalue weighted by atomic mass is 9.93.